The second-order valence-electron chi connectivity index (χ2n) is 5.83. The smallest absolute Gasteiger partial charge is 0.242 e. The van der Waals surface area contributed by atoms with Crippen LogP contribution in [-0.4, -0.2) is 32.9 Å². The molecule has 112 valence electrons. The van der Waals surface area contributed by atoms with Crippen LogP contribution in [0.2, 0.25) is 0 Å². The summed E-state index contributed by atoms with van der Waals surface area (Å²) in [6.45, 7) is 2.26. The highest BCUT2D eigenvalue weighted by molar-refractivity contribution is 7.89. The van der Waals surface area contributed by atoms with Gasteiger partial charge in [0.15, 0.2) is 0 Å². The number of hydrogen-bond acceptors (Lipinski definition) is 3. The van der Waals surface area contributed by atoms with Crippen molar-refractivity contribution >= 4 is 15.7 Å². The normalized spacial score (nSPS) is 23.8. The van der Waals surface area contributed by atoms with E-state index in [1.54, 1.807) is 32.3 Å². The van der Waals surface area contributed by atoms with E-state index in [9.17, 15) is 8.42 Å². The molecule has 20 heavy (non-hydrogen) atoms. The van der Waals surface area contributed by atoms with Crippen molar-refractivity contribution in [2.45, 2.75) is 43.5 Å². The highest BCUT2D eigenvalue weighted by atomic mass is 32.2. The number of benzene rings is 1. The number of anilines is 1. The first-order chi connectivity index (χ1) is 9.41. The third kappa shape index (κ3) is 3.33. The molecule has 2 unspecified atom stereocenters. The van der Waals surface area contributed by atoms with Gasteiger partial charge in [-0.25, -0.2) is 12.7 Å². The van der Waals surface area contributed by atoms with E-state index in [4.69, 9.17) is 0 Å². The number of hydrogen-bond donors (Lipinski definition) is 1. The molecule has 1 aromatic carbocycles. The summed E-state index contributed by atoms with van der Waals surface area (Å²) in [6.07, 6.45) is 4.95. The van der Waals surface area contributed by atoms with Gasteiger partial charge in [-0.2, -0.15) is 0 Å². The van der Waals surface area contributed by atoms with Crippen molar-refractivity contribution in [1.82, 2.24) is 4.31 Å². The fourth-order valence-electron chi connectivity index (χ4n) is 2.70. The van der Waals surface area contributed by atoms with Gasteiger partial charge < -0.3 is 5.32 Å². The topological polar surface area (TPSA) is 49.4 Å². The lowest BCUT2D eigenvalue weighted by molar-refractivity contribution is 0.349. The summed E-state index contributed by atoms with van der Waals surface area (Å²) < 4.78 is 25.5. The summed E-state index contributed by atoms with van der Waals surface area (Å²) in [5.74, 6) is 0.637. The maximum atomic E-state index is 12.1. The second-order valence-corrected chi connectivity index (χ2v) is 7.98. The van der Waals surface area contributed by atoms with E-state index in [-0.39, 0.29) is 0 Å². The first kappa shape index (κ1) is 15.3. The van der Waals surface area contributed by atoms with Gasteiger partial charge in [-0.15, -0.1) is 0 Å². The standard InChI is InChI=1S/C15H24N2O2S/c1-12-7-4-5-10-15(12)16-13-8-6-9-14(11-13)20(18,19)17(2)3/h6,8-9,11-12,15-16H,4-5,7,10H2,1-3H3. The number of rotatable bonds is 4. The predicted octanol–water partition coefficient (Wildman–Crippen LogP) is 2.93. The molecule has 4 nitrogen and oxygen atoms in total. The Labute approximate surface area is 122 Å². The number of nitrogens with one attached hydrogen (secondary N) is 1. The number of sulfonamides is 1. The molecule has 1 N–H and O–H groups in total. The molecule has 1 saturated carbocycles. The van der Waals surface area contributed by atoms with Gasteiger partial charge in [-0.1, -0.05) is 25.8 Å². The molecule has 5 heteroatoms. The highest BCUT2D eigenvalue weighted by Gasteiger charge is 2.22. The zero-order chi connectivity index (χ0) is 14.8. The Hall–Kier alpha value is -1.07. The first-order valence-corrected chi connectivity index (χ1v) is 8.64. The molecule has 2 rings (SSSR count). The lowest BCUT2D eigenvalue weighted by Gasteiger charge is -2.30. The molecule has 0 saturated heterocycles. The van der Waals surface area contributed by atoms with E-state index in [0.717, 1.165) is 12.1 Å². The molecular weight excluding hydrogens is 272 g/mol. The largest absolute Gasteiger partial charge is 0.382 e. The van der Waals surface area contributed by atoms with E-state index in [0.29, 0.717) is 16.9 Å². The third-order valence-corrected chi connectivity index (χ3v) is 5.89. The van der Waals surface area contributed by atoms with Crippen LogP contribution in [0.15, 0.2) is 29.2 Å². The van der Waals surface area contributed by atoms with Crippen molar-refractivity contribution < 1.29 is 8.42 Å². The molecule has 0 aliphatic heterocycles. The SMILES string of the molecule is CC1CCCCC1Nc1cccc(S(=O)(=O)N(C)C)c1. The summed E-state index contributed by atoms with van der Waals surface area (Å²) >= 11 is 0. The van der Waals surface area contributed by atoms with Gasteiger partial charge in [-0.05, 0) is 37.0 Å². The minimum absolute atomic E-state index is 0.343. The van der Waals surface area contributed by atoms with Crippen LogP contribution in [0.1, 0.15) is 32.6 Å². The number of nitrogens with zero attached hydrogens (tertiary/aromatic N) is 1. The van der Waals surface area contributed by atoms with Crippen molar-refractivity contribution in [3.8, 4) is 0 Å². The van der Waals surface area contributed by atoms with Gasteiger partial charge in [0.1, 0.15) is 0 Å². The fraction of sp³-hybridized carbons (Fsp3) is 0.600. The Morgan fingerprint density at radius 3 is 2.55 bits per heavy atom. The maximum Gasteiger partial charge on any atom is 0.242 e. The Kier molecular flexibility index (Phi) is 4.70. The van der Waals surface area contributed by atoms with Crippen LogP contribution in [0.3, 0.4) is 0 Å². The molecular formula is C15H24N2O2S. The van der Waals surface area contributed by atoms with E-state index in [1.165, 1.54) is 23.6 Å². The van der Waals surface area contributed by atoms with Gasteiger partial charge in [0, 0.05) is 25.8 Å². The van der Waals surface area contributed by atoms with Crippen molar-refractivity contribution in [3.05, 3.63) is 24.3 Å². The van der Waals surface area contributed by atoms with Crippen LogP contribution >= 0.6 is 0 Å². The minimum atomic E-state index is -3.36. The van der Waals surface area contributed by atoms with Gasteiger partial charge in [-0.3, -0.25) is 0 Å². The molecule has 0 heterocycles. The summed E-state index contributed by atoms with van der Waals surface area (Å²) in [4.78, 5) is 0.343. The van der Waals surface area contributed by atoms with Crippen LogP contribution < -0.4 is 5.32 Å². The average Bonchev–Trinajstić information content (AvgIpc) is 2.41. The summed E-state index contributed by atoms with van der Waals surface area (Å²) in [5, 5.41) is 3.50. The van der Waals surface area contributed by atoms with Crippen LogP contribution in [0.5, 0.6) is 0 Å². The van der Waals surface area contributed by atoms with E-state index in [2.05, 4.69) is 12.2 Å². The van der Waals surface area contributed by atoms with Gasteiger partial charge in [0.2, 0.25) is 10.0 Å². The maximum absolute atomic E-state index is 12.1. The average molecular weight is 296 g/mol. The molecule has 2 atom stereocenters. The Morgan fingerprint density at radius 2 is 1.90 bits per heavy atom. The fourth-order valence-corrected chi connectivity index (χ4v) is 3.65. The van der Waals surface area contributed by atoms with E-state index < -0.39 is 10.0 Å². The Morgan fingerprint density at radius 1 is 1.20 bits per heavy atom. The Bertz CT molecular complexity index is 555. The monoisotopic (exact) mass is 296 g/mol. The van der Waals surface area contributed by atoms with Crippen molar-refractivity contribution in [2.24, 2.45) is 5.92 Å². The van der Waals surface area contributed by atoms with Crippen LogP contribution in [0, 0.1) is 5.92 Å². The van der Waals surface area contributed by atoms with E-state index in [1.807, 2.05) is 6.07 Å². The first-order valence-electron chi connectivity index (χ1n) is 7.20. The molecule has 1 aliphatic carbocycles. The molecule has 0 spiro atoms. The molecule has 1 aromatic rings. The molecule has 1 fully saturated rings. The second kappa shape index (κ2) is 6.14. The molecule has 0 bridgehead atoms. The lowest BCUT2D eigenvalue weighted by atomic mass is 9.86. The van der Waals surface area contributed by atoms with Crippen molar-refractivity contribution in [3.63, 3.8) is 0 Å². The molecule has 0 amide bonds. The van der Waals surface area contributed by atoms with Gasteiger partial charge in [0.05, 0.1) is 4.90 Å². The van der Waals surface area contributed by atoms with Crippen molar-refractivity contribution in [2.75, 3.05) is 19.4 Å². The molecule has 0 aromatic heterocycles. The molecule has 1 aliphatic rings. The quantitative estimate of drug-likeness (QED) is 0.929. The minimum Gasteiger partial charge on any atom is -0.382 e. The van der Waals surface area contributed by atoms with Crippen molar-refractivity contribution in [1.29, 1.82) is 0 Å². The van der Waals surface area contributed by atoms with E-state index >= 15 is 0 Å². The zero-order valence-corrected chi connectivity index (χ0v) is 13.3. The Balaban J connectivity index is 2.18. The summed E-state index contributed by atoms with van der Waals surface area (Å²) in [5.41, 5.74) is 0.895. The van der Waals surface area contributed by atoms with Gasteiger partial charge >= 0.3 is 0 Å². The summed E-state index contributed by atoms with van der Waals surface area (Å²) in [7, 11) is -0.252. The molecule has 0 radical (unpaired) electrons. The third-order valence-electron chi connectivity index (χ3n) is 4.08. The lowest BCUT2D eigenvalue weighted by Crippen LogP contribution is -2.30. The zero-order valence-electron chi connectivity index (χ0n) is 12.5. The highest BCUT2D eigenvalue weighted by Crippen LogP contribution is 2.27. The summed E-state index contributed by atoms with van der Waals surface area (Å²) in [6, 6.07) is 7.56. The van der Waals surface area contributed by atoms with Gasteiger partial charge in [0.25, 0.3) is 0 Å². The van der Waals surface area contributed by atoms with Crippen LogP contribution in [0.25, 0.3) is 0 Å². The predicted molar refractivity (Wildman–Crippen MR) is 82.4 cm³/mol. The van der Waals surface area contributed by atoms with Crippen LogP contribution in [0.4, 0.5) is 5.69 Å². The van der Waals surface area contributed by atoms with Crippen LogP contribution in [-0.2, 0) is 10.0 Å².